The van der Waals surface area contributed by atoms with Gasteiger partial charge in [-0.15, -0.1) is 0 Å². The molecule has 1 aliphatic rings. The Morgan fingerprint density at radius 1 is 1.04 bits per heavy atom. The molecular weight excluding hydrogens is 298 g/mol. The fourth-order valence-electron chi connectivity index (χ4n) is 3.40. The van der Waals surface area contributed by atoms with Crippen LogP contribution in [0.5, 0.6) is 0 Å². The van der Waals surface area contributed by atoms with Crippen molar-refractivity contribution in [2.75, 3.05) is 13.2 Å². The number of rotatable bonds is 4. The zero-order valence-corrected chi connectivity index (χ0v) is 14.4. The highest BCUT2D eigenvalue weighted by molar-refractivity contribution is 5.88. The van der Waals surface area contributed by atoms with Gasteiger partial charge in [-0.25, -0.2) is 0 Å². The second-order valence-corrected chi connectivity index (χ2v) is 6.67. The lowest BCUT2D eigenvalue weighted by molar-refractivity contribution is -0.131. The van der Waals surface area contributed by atoms with E-state index in [1.165, 1.54) is 5.56 Å². The molecule has 24 heavy (non-hydrogen) atoms. The Labute approximate surface area is 144 Å². The number of nitrogens with one attached hydrogen (secondary N) is 1. The van der Waals surface area contributed by atoms with Gasteiger partial charge in [0.2, 0.25) is 5.91 Å². The number of hydrogen-bond donors (Lipinski definition) is 1. The summed E-state index contributed by atoms with van der Waals surface area (Å²) in [4.78, 5) is 13.2. The van der Waals surface area contributed by atoms with Crippen LogP contribution >= 0.6 is 0 Å². The number of carbonyl (C=O) groups is 1. The van der Waals surface area contributed by atoms with Gasteiger partial charge in [-0.1, -0.05) is 60.2 Å². The Morgan fingerprint density at radius 3 is 2.29 bits per heavy atom. The van der Waals surface area contributed by atoms with Gasteiger partial charge < -0.3 is 10.1 Å². The highest BCUT2D eigenvalue weighted by Crippen LogP contribution is 2.35. The zero-order chi connectivity index (χ0) is 17.0. The van der Waals surface area contributed by atoms with Crippen molar-refractivity contribution in [1.82, 2.24) is 5.32 Å². The van der Waals surface area contributed by atoms with E-state index in [1.54, 1.807) is 0 Å². The van der Waals surface area contributed by atoms with Gasteiger partial charge >= 0.3 is 0 Å². The minimum Gasteiger partial charge on any atom is -0.381 e. The molecule has 2 aromatic rings. The quantitative estimate of drug-likeness (QED) is 0.926. The molecule has 1 heterocycles. The topological polar surface area (TPSA) is 38.3 Å². The van der Waals surface area contributed by atoms with Gasteiger partial charge in [-0.3, -0.25) is 4.79 Å². The third kappa shape index (κ3) is 3.36. The van der Waals surface area contributed by atoms with E-state index in [-0.39, 0.29) is 11.9 Å². The summed E-state index contributed by atoms with van der Waals surface area (Å²) < 4.78 is 5.52. The summed E-state index contributed by atoms with van der Waals surface area (Å²) in [6.45, 7) is 5.36. The average molecular weight is 323 g/mol. The smallest absolute Gasteiger partial charge is 0.231 e. The lowest BCUT2D eigenvalue weighted by Gasteiger charge is -2.37. The minimum atomic E-state index is -0.488. The predicted molar refractivity (Wildman–Crippen MR) is 95.9 cm³/mol. The first kappa shape index (κ1) is 16.7. The molecular formula is C21H25NO2. The molecule has 1 saturated heterocycles. The number of hydrogen-bond acceptors (Lipinski definition) is 2. The van der Waals surface area contributed by atoms with Crippen molar-refractivity contribution in [3.8, 4) is 0 Å². The number of benzene rings is 2. The Balaban J connectivity index is 1.83. The second-order valence-electron chi connectivity index (χ2n) is 6.67. The molecule has 0 saturated carbocycles. The SMILES string of the molecule is Cc1ccc([C@H](C)NC(=O)C2(c3ccccc3)CCOCC2)cc1. The largest absolute Gasteiger partial charge is 0.381 e. The Morgan fingerprint density at radius 2 is 1.67 bits per heavy atom. The van der Waals surface area contributed by atoms with E-state index in [0.29, 0.717) is 13.2 Å². The van der Waals surface area contributed by atoms with Crippen LogP contribution in [0.1, 0.15) is 42.5 Å². The normalized spacial score (nSPS) is 17.9. The average Bonchev–Trinajstić information content (AvgIpc) is 2.63. The predicted octanol–water partition coefficient (Wildman–Crippen LogP) is 3.92. The minimum absolute atomic E-state index is 0.0125. The van der Waals surface area contributed by atoms with Gasteiger partial charge in [0.05, 0.1) is 11.5 Å². The molecule has 0 radical (unpaired) electrons. The van der Waals surface area contributed by atoms with Crippen LogP contribution in [0, 0.1) is 6.92 Å². The molecule has 3 rings (SSSR count). The summed E-state index contributed by atoms with van der Waals surface area (Å²) in [5.41, 5.74) is 2.95. The van der Waals surface area contributed by atoms with Crippen LogP contribution in [0.15, 0.2) is 54.6 Å². The molecule has 1 N–H and O–H groups in total. The van der Waals surface area contributed by atoms with Crippen LogP contribution in [0.4, 0.5) is 0 Å². The Bertz CT molecular complexity index is 673. The van der Waals surface area contributed by atoms with Gasteiger partial charge in [0.25, 0.3) is 0 Å². The molecule has 0 bridgehead atoms. The van der Waals surface area contributed by atoms with Crippen LogP contribution in [-0.4, -0.2) is 19.1 Å². The van der Waals surface area contributed by atoms with Crippen molar-refractivity contribution in [3.63, 3.8) is 0 Å². The standard InChI is InChI=1S/C21H25NO2/c1-16-8-10-18(11-9-16)17(2)22-20(23)21(12-14-24-15-13-21)19-6-4-3-5-7-19/h3-11,17H,12-15H2,1-2H3,(H,22,23)/t17-/m0/s1. The first-order valence-corrected chi connectivity index (χ1v) is 8.63. The fourth-order valence-corrected chi connectivity index (χ4v) is 3.40. The van der Waals surface area contributed by atoms with E-state index in [9.17, 15) is 4.79 Å². The van der Waals surface area contributed by atoms with E-state index >= 15 is 0 Å². The van der Waals surface area contributed by atoms with Crippen molar-refractivity contribution >= 4 is 5.91 Å². The second kappa shape index (κ2) is 7.18. The Kier molecular flexibility index (Phi) is 5.00. The van der Waals surface area contributed by atoms with Crippen LogP contribution in [0.25, 0.3) is 0 Å². The summed E-state index contributed by atoms with van der Waals surface area (Å²) >= 11 is 0. The molecule has 1 atom stereocenters. The molecule has 126 valence electrons. The fraction of sp³-hybridized carbons (Fsp3) is 0.381. The molecule has 1 amide bonds. The maximum absolute atomic E-state index is 13.2. The molecule has 0 spiro atoms. The summed E-state index contributed by atoms with van der Waals surface area (Å²) in [6.07, 6.45) is 1.45. The molecule has 3 heteroatoms. The van der Waals surface area contributed by atoms with E-state index in [1.807, 2.05) is 25.1 Å². The van der Waals surface area contributed by atoms with Crippen molar-refractivity contribution in [2.45, 2.75) is 38.1 Å². The molecule has 0 aliphatic carbocycles. The van der Waals surface area contributed by atoms with Crippen molar-refractivity contribution in [2.24, 2.45) is 0 Å². The molecule has 3 nitrogen and oxygen atoms in total. The van der Waals surface area contributed by atoms with Crippen molar-refractivity contribution in [1.29, 1.82) is 0 Å². The lowest BCUT2D eigenvalue weighted by Crippen LogP contribution is -2.48. The Hall–Kier alpha value is -2.13. The molecule has 1 fully saturated rings. The first-order valence-electron chi connectivity index (χ1n) is 8.63. The third-order valence-electron chi connectivity index (χ3n) is 5.03. The van der Waals surface area contributed by atoms with Gasteiger partial charge in [0, 0.05) is 13.2 Å². The zero-order valence-electron chi connectivity index (χ0n) is 14.4. The third-order valence-corrected chi connectivity index (χ3v) is 5.03. The molecule has 2 aromatic carbocycles. The van der Waals surface area contributed by atoms with Gasteiger partial charge in [-0.05, 0) is 37.8 Å². The summed E-state index contributed by atoms with van der Waals surface area (Å²) in [5.74, 6) is 0.102. The maximum atomic E-state index is 13.2. The molecule has 1 aliphatic heterocycles. The van der Waals surface area contributed by atoms with Crippen molar-refractivity contribution in [3.05, 3.63) is 71.3 Å². The summed E-state index contributed by atoms with van der Waals surface area (Å²) in [5, 5.41) is 3.23. The van der Waals surface area contributed by atoms with Crippen LogP contribution in [0.2, 0.25) is 0 Å². The lowest BCUT2D eigenvalue weighted by atomic mass is 9.73. The van der Waals surface area contributed by atoms with E-state index < -0.39 is 5.41 Å². The number of carbonyl (C=O) groups excluding carboxylic acids is 1. The van der Waals surface area contributed by atoms with Gasteiger partial charge in [0.1, 0.15) is 0 Å². The highest BCUT2D eigenvalue weighted by atomic mass is 16.5. The van der Waals surface area contributed by atoms with Crippen LogP contribution < -0.4 is 5.32 Å². The number of amides is 1. The monoisotopic (exact) mass is 323 g/mol. The maximum Gasteiger partial charge on any atom is 0.231 e. The number of aryl methyl sites for hydroxylation is 1. The van der Waals surface area contributed by atoms with Crippen LogP contribution in [0.3, 0.4) is 0 Å². The first-order chi connectivity index (χ1) is 11.6. The van der Waals surface area contributed by atoms with Gasteiger partial charge in [-0.2, -0.15) is 0 Å². The van der Waals surface area contributed by atoms with E-state index in [2.05, 4.69) is 48.6 Å². The van der Waals surface area contributed by atoms with Gasteiger partial charge in [0.15, 0.2) is 0 Å². The summed E-state index contributed by atoms with van der Waals surface area (Å²) in [6, 6.07) is 18.4. The van der Waals surface area contributed by atoms with E-state index in [0.717, 1.165) is 24.0 Å². The molecule has 0 unspecified atom stereocenters. The molecule has 0 aromatic heterocycles. The number of ether oxygens (including phenoxy) is 1. The van der Waals surface area contributed by atoms with Crippen molar-refractivity contribution < 1.29 is 9.53 Å². The summed E-state index contributed by atoms with van der Waals surface area (Å²) in [7, 11) is 0. The van der Waals surface area contributed by atoms with E-state index in [4.69, 9.17) is 4.74 Å². The highest BCUT2D eigenvalue weighted by Gasteiger charge is 2.41. The van der Waals surface area contributed by atoms with Crippen LogP contribution in [-0.2, 0) is 14.9 Å².